The van der Waals surface area contributed by atoms with Gasteiger partial charge in [0, 0.05) is 12.1 Å². The number of hydrogen-bond donors (Lipinski definition) is 5. The highest BCUT2D eigenvalue weighted by Gasteiger charge is 2.26. The Hall–Kier alpha value is 0.0169. The van der Waals surface area contributed by atoms with Crippen molar-refractivity contribution < 1.29 is 14.4 Å². The van der Waals surface area contributed by atoms with Crippen molar-refractivity contribution in [3.63, 3.8) is 0 Å². The van der Waals surface area contributed by atoms with Gasteiger partial charge in [0.1, 0.15) is 0 Å². The lowest BCUT2D eigenvalue weighted by Crippen LogP contribution is -2.37. The third kappa shape index (κ3) is 7.92. The summed E-state index contributed by atoms with van der Waals surface area (Å²) in [4.78, 5) is 25.8. The molecule has 0 aliphatic heterocycles. The molecule has 0 aromatic carbocycles. The van der Waals surface area contributed by atoms with Crippen LogP contribution in [0.4, 0.5) is 0 Å². The van der Waals surface area contributed by atoms with Gasteiger partial charge in [0.05, 0.1) is 0 Å². The van der Waals surface area contributed by atoms with Crippen LogP contribution >= 0.6 is 0 Å². The highest BCUT2D eigenvalue weighted by Crippen LogP contribution is 2.05. The fourth-order valence-electron chi connectivity index (χ4n) is 0.737. The monoisotopic (exact) mass is 180 g/mol. The number of nitrogens with two attached hydrogens (primary N) is 2. The Balaban J connectivity index is 3.38. The Labute approximate surface area is 67.0 Å². The van der Waals surface area contributed by atoms with Crippen LogP contribution in [0.5, 0.6) is 0 Å². The molecule has 1 atom stereocenters. The van der Waals surface area contributed by atoms with E-state index in [1.54, 1.807) is 0 Å². The molecule has 5 nitrogen and oxygen atoms in total. The molecule has 0 saturated carbocycles. The molecule has 0 rings (SSSR count). The predicted octanol–water partition coefficient (Wildman–Crippen LogP) is -2.03. The van der Waals surface area contributed by atoms with Crippen molar-refractivity contribution in [2.75, 3.05) is 6.54 Å². The van der Waals surface area contributed by atoms with Crippen LogP contribution in [0.15, 0.2) is 0 Å². The lowest BCUT2D eigenvalue weighted by Gasteiger charge is -2.13. The fraction of sp³-hybridized carbons (Fsp3) is 1.00. The predicted molar refractivity (Wildman–Crippen MR) is 43.5 cm³/mol. The smallest absolute Gasteiger partial charge is 0.390 e. The molecule has 0 bridgehead atoms. The summed E-state index contributed by atoms with van der Waals surface area (Å²) in [5.74, 6) is 0. The molecule has 0 saturated heterocycles. The van der Waals surface area contributed by atoms with Crippen molar-refractivity contribution in [1.29, 1.82) is 0 Å². The maximum Gasteiger partial charge on any atom is 0.492 e. The van der Waals surface area contributed by atoms with Crippen LogP contribution in [0.1, 0.15) is 12.8 Å². The van der Waals surface area contributed by atoms with Crippen LogP contribution in [0.3, 0.4) is 0 Å². The summed E-state index contributed by atoms with van der Waals surface area (Å²) in [6, 6.07) is -0.146. The fourth-order valence-corrected chi connectivity index (χ4v) is 1.50. The Bertz CT molecular complexity index is 106. The minimum absolute atomic E-state index is 0.00579. The normalized spacial score (nSPS) is 15.0. The van der Waals surface area contributed by atoms with E-state index >= 15 is 0 Å². The van der Waals surface area contributed by atoms with Gasteiger partial charge < -0.3 is 25.9 Å². The van der Waals surface area contributed by atoms with Crippen LogP contribution in [0.25, 0.3) is 0 Å². The summed E-state index contributed by atoms with van der Waals surface area (Å²) < 4.78 is 0. The first-order valence-electron chi connectivity index (χ1n) is 3.58. The second kappa shape index (κ2) is 4.81. The summed E-state index contributed by atoms with van der Waals surface area (Å²) in [5.41, 5.74) is 10.7. The summed E-state index contributed by atoms with van der Waals surface area (Å²) >= 11 is 0. The standard InChI is InChI=1S/C5H16N2O3Si/c6-3-1-5(7)2-4-11(8,9)10/h5,8-10H,1-4,6-7H2. The van der Waals surface area contributed by atoms with Gasteiger partial charge in [-0.15, -0.1) is 0 Å². The van der Waals surface area contributed by atoms with Crippen LogP contribution in [0.2, 0.25) is 6.04 Å². The van der Waals surface area contributed by atoms with E-state index in [-0.39, 0.29) is 12.1 Å². The van der Waals surface area contributed by atoms with Crippen molar-refractivity contribution in [1.82, 2.24) is 0 Å². The average molecular weight is 180 g/mol. The van der Waals surface area contributed by atoms with E-state index in [0.717, 1.165) is 0 Å². The third-order valence-corrected chi connectivity index (χ3v) is 2.35. The minimum Gasteiger partial charge on any atom is -0.390 e. The molecule has 0 radical (unpaired) electrons. The van der Waals surface area contributed by atoms with Gasteiger partial charge in [-0.05, 0) is 19.4 Å². The van der Waals surface area contributed by atoms with Gasteiger partial charge in [0.2, 0.25) is 0 Å². The Morgan fingerprint density at radius 1 is 1.18 bits per heavy atom. The minimum atomic E-state index is -3.87. The molecule has 0 spiro atoms. The first-order valence-corrected chi connectivity index (χ1v) is 5.63. The second-order valence-electron chi connectivity index (χ2n) is 2.65. The van der Waals surface area contributed by atoms with Gasteiger partial charge in [-0.1, -0.05) is 0 Å². The lowest BCUT2D eigenvalue weighted by molar-refractivity contribution is 0.224. The largest absolute Gasteiger partial charge is 0.492 e. The molecule has 0 aromatic rings. The Morgan fingerprint density at radius 3 is 2.09 bits per heavy atom. The molecule has 7 N–H and O–H groups in total. The van der Waals surface area contributed by atoms with Crippen LogP contribution in [-0.4, -0.2) is 35.8 Å². The average Bonchev–Trinajstić information content (AvgIpc) is 1.83. The zero-order valence-corrected chi connectivity index (χ0v) is 7.40. The molecule has 68 valence electrons. The maximum atomic E-state index is 8.60. The van der Waals surface area contributed by atoms with E-state index in [9.17, 15) is 0 Å². The highest BCUT2D eigenvalue weighted by molar-refractivity contribution is 6.56. The van der Waals surface area contributed by atoms with Gasteiger partial charge in [0.25, 0.3) is 0 Å². The molecule has 0 aliphatic rings. The first kappa shape index (κ1) is 11.0. The van der Waals surface area contributed by atoms with Crippen molar-refractivity contribution in [3.05, 3.63) is 0 Å². The number of rotatable bonds is 5. The molecule has 6 heteroatoms. The van der Waals surface area contributed by atoms with Gasteiger partial charge in [-0.2, -0.15) is 0 Å². The van der Waals surface area contributed by atoms with Gasteiger partial charge >= 0.3 is 8.80 Å². The molecular weight excluding hydrogens is 164 g/mol. The molecule has 0 aromatic heterocycles. The summed E-state index contributed by atoms with van der Waals surface area (Å²) in [5, 5.41) is 0. The van der Waals surface area contributed by atoms with Crippen molar-refractivity contribution in [2.24, 2.45) is 11.5 Å². The first-order chi connectivity index (χ1) is 4.95. The molecule has 0 heterocycles. The Morgan fingerprint density at radius 2 is 1.73 bits per heavy atom. The molecular formula is C5H16N2O3Si. The van der Waals surface area contributed by atoms with Crippen molar-refractivity contribution >= 4 is 8.80 Å². The zero-order chi connectivity index (χ0) is 8.91. The van der Waals surface area contributed by atoms with Crippen molar-refractivity contribution in [3.8, 4) is 0 Å². The summed E-state index contributed by atoms with van der Waals surface area (Å²) in [7, 11) is -3.87. The van der Waals surface area contributed by atoms with Gasteiger partial charge in [-0.3, -0.25) is 0 Å². The van der Waals surface area contributed by atoms with E-state index in [4.69, 9.17) is 25.9 Å². The Kier molecular flexibility index (Phi) is 4.81. The molecule has 0 amide bonds. The lowest BCUT2D eigenvalue weighted by atomic mass is 10.2. The second-order valence-corrected chi connectivity index (χ2v) is 4.70. The summed E-state index contributed by atoms with van der Waals surface area (Å²) in [6.07, 6.45) is 1.05. The quantitative estimate of drug-likeness (QED) is 0.313. The summed E-state index contributed by atoms with van der Waals surface area (Å²) in [6.45, 7) is 0.484. The molecule has 1 unspecified atom stereocenters. The topological polar surface area (TPSA) is 113 Å². The molecule has 0 aliphatic carbocycles. The van der Waals surface area contributed by atoms with Crippen LogP contribution in [0, 0.1) is 0 Å². The van der Waals surface area contributed by atoms with Crippen molar-refractivity contribution in [2.45, 2.75) is 24.9 Å². The van der Waals surface area contributed by atoms with E-state index < -0.39 is 8.80 Å². The SMILES string of the molecule is NCCC(N)CC[Si](O)(O)O. The van der Waals surface area contributed by atoms with Gasteiger partial charge in [-0.25, -0.2) is 0 Å². The van der Waals surface area contributed by atoms with Gasteiger partial charge in [0.15, 0.2) is 0 Å². The number of hydrogen-bond acceptors (Lipinski definition) is 5. The maximum absolute atomic E-state index is 8.60. The van der Waals surface area contributed by atoms with E-state index in [1.807, 2.05) is 0 Å². The third-order valence-electron chi connectivity index (χ3n) is 1.39. The van der Waals surface area contributed by atoms with Crippen LogP contribution in [-0.2, 0) is 0 Å². The van der Waals surface area contributed by atoms with E-state index in [1.165, 1.54) is 0 Å². The highest BCUT2D eigenvalue weighted by atomic mass is 28.4. The zero-order valence-electron chi connectivity index (χ0n) is 6.40. The molecule has 0 fully saturated rings. The molecule has 11 heavy (non-hydrogen) atoms. The van der Waals surface area contributed by atoms with E-state index in [2.05, 4.69) is 0 Å². The van der Waals surface area contributed by atoms with E-state index in [0.29, 0.717) is 19.4 Å². The van der Waals surface area contributed by atoms with Crippen LogP contribution < -0.4 is 11.5 Å².